The molecule has 3 heterocycles. The molecule has 0 aromatic carbocycles. The second kappa shape index (κ2) is 7.83. The van der Waals surface area contributed by atoms with Crippen molar-refractivity contribution >= 4 is 5.91 Å². The van der Waals surface area contributed by atoms with Crippen LogP contribution in [-0.2, 0) is 4.79 Å². The molecule has 5 N–H and O–H groups in total. The van der Waals surface area contributed by atoms with Crippen LogP contribution in [0.2, 0.25) is 0 Å². The SMILES string of the molecule is CCCC1NNC(C(=O)NC2CC(c3ccncc3)NN2)C1[N+](=O)[O-]. The molecule has 1 amide bonds. The number of nitrogens with zero attached hydrogens (tertiary/aromatic N) is 2. The third-order valence-corrected chi connectivity index (χ3v) is 4.63. The summed E-state index contributed by atoms with van der Waals surface area (Å²) in [5, 5.41) is 14.2. The summed E-state index contributed by atoms with van der Waals surface area (Å²) in [5.41, 5.74) is 12.9. The van der Waals surface area contributed by atoms with E-state index in [1.54, 1.807) is 12.4 Å². The van der Waals surface area contributed by atoms with E-state index in [9.17, 15) is 14.9 Å². The van der Waals surface area contributed by atoms with Gasteiger partial charge >= 0.3 is 0 Å². The van der Waals surface area contributed by atoms with Crippen molar-refractivity contribution in [1.29, 1.82) is 0 Å². The Morgan fingerprint density at radius 3 is 2.76 bits per heavy atom. The molecular weight excluding hydrogens is 326 g/mol. The minimum atomic E-state index is -0.981. The van der Waals surface area contributed by atoms with E-state index in [2.05, 4.69) is 32.0 Å². The summed E-state index contributed by atoms with van der Waals surface area (Å²) in [7, 11) is 0. The van der Waals surface area contributed by atoms with Crippen LogP contribution < -0.4 is 27.0 Å². The van der Waals surface area contributed by atoms with Crippen LogP contribution in [0.4, 0.5) is 0 Å². The zero-order valence-corrected chi connectivity index (χ0v) is 13.9. The molecule has 0 spiro atoms. The smallest absolute Gasteiger partial charge is 0.254 e. The van der Waals surface area contributed by atoms with E-state index in [0.717, 1.165) is 12.0 Å². The van der Waals surface area contributed by atoms with Crippen molar-refractivity contribution in [3.8, 4) is 0 Å². The number of hydrazine groups is 2. The van der Waals surface area contributed by atoms with Crippen molar-refractivity contribution in [3.05, 3.63) is 40.2 Å². The van der Waals surface area contributed by atoms with Crippen molar-refractivity contribution in [2.24, 2.45) is 0 Å². The van der Waals surface area contributed by atoms with E-state index in [1.807, 2.05) is 19.1 Å². The number of rotatable bonds is 6. The third-order valence-electron chi connectivity index (χ3n) is 4.63. The molecule has 0 bridgehead atoms. The average Bonchev–Trinajstić information content (AvgIpc) is 3.23. The summed E-state index contributed by atoms with van der Waals surface area (Å²) in [6, 6.07) is 1.63. The Morgan fingerprint density at radius 2 is 2.08 bits per heavy atom. The van der Waals surface area contributed by atoms with Gasteiger partial charge in [-0.2, -0.15) is 0 Å². The standard InChI is InChI=1S/C15H23N7O3/c1-2-3-10-14(22(24)25)13(21-18-10)15(23)17-12-8-11(19-20-12)9-4-6-16-7-5-9/h4-7,10-14,18-21H,2-3,8H2,1H3,(H,17,23). The van der Waals surface area contributed by atoms with Gasteiger partial charge in [0, 0.05) is 29.8 Å². The summed E-state index contributed by atoms with van der Waals surface area (Å²) in [5.74, 6) is -0.387. The zero-order valence-electron chi connectivity index (χ0n) is 13.9. The first-order valence-corrected chi connectivity index (χ1v) is 8.46. The molecule has 0 saturated carbocycles. The highest BCUT2D eigenvalue weighted by atomic mass is 16.6. The molecule has 1 aromatic rings. The highest BCUT2D eigenvalue weighted by molar-refractivity contribution is 5.83. The van der Waals surface area contributed by atoms with E-state index in [4.69, 9.17) is 0 Å². The Bertz CT molecular complexity index is 614. The lowest BCUT2D eigenvalue weighted by Crippen LogP contribution is -2.55. The van der Waals surface area contributed by atoms with Crippen LogP contribution in [0.25, 0.3) is 0 Å². The fraction of sp³-hybridized carbons (Fsp3) is 0.600. The Kier molecular flexibility index (Phi) is 5.53. The molecule has 2 aliphatic heterocycles. The van der Waals surface area contributed by atoms with Crippen LogP contribution in [0.1, 0.15) is 37.8 Å². The average molecular weight is 349 g/mol. The number of pyridine rings is 1. The zero-order chi connectivity index (χ0) is 17.8. The molecule has 25 heavy (non-hydrogen) atoms. The molecule has 2 saturated heterocycles. The van der Waals surface area contributed by atoms with Gasteiger partial charge < -0.3 is 5.32 Å². The number of hydrogen-bond donors (Lipinski definition) is 5. The lowest BCUT2D eigenvalue weighted by atomic mass is 9.99. The molecule has 10 nitrogen and oxygen atoms in total. The van der Waals surface area contributed by atoms with Crippen LogP contribution in [-0.4, -0.2) is 40.1 Å². The van der Waals surface area contributed by atoms with Gasteiger partial charge in [-0.15, -0.1) is 0 Å². The number of aromatic nitrogens is 1. The fourth-order valence-electron chi connectivity index (χ4n) is 3.37. The van der Waals surface area contributed by atoms with Crippen LogP contribution in [0.15, 0.2) is 24.5 Å². The largest absolute Gasteiger partial charge is 0.338 e. The maximum atomic E-state index is 12.5. The highest BCUT2D eigenvalue weighted by Gasteiger charge is 2.48. The monoisotopic (exact) mass is 349 g/mol. The van der Waals surface area contributed by atoms with Crippen LogP contribution in [0.3, 0.4) is 0 Å². The number of hydrogen-bond acceptors (Lipinski definition) is 8. The van der Waals surface area contributed by atoms with E-state index < -0.39 is 12.1 Å². The summed E-state index contributed by atoms with van der Waals surface area (Å²) in [6.07, 6.45) is 5.21. The van der Waals surface area contributed by atoms with Crippen LogP contribution >= 0.6 is 0 Å². The van der Waals surface area contributed by atoms with Gasteiger partial charge in [-0.25, -0.2) is 21.7 Å². The van der Waals surface area contributed by atoms with Crippen molar-refractivity contribution in [3.63, 3.8) is 0 Å². The number of nitrogens with one attached hydrogen (secondary N) is 5. The number of amides is 1. The van der Waals surface area contributed by atoms with E-state index >= 15 is 0 Å². The fourth-order valence-corrected chi connectivity index (χ4v) is 3.37. The Balaban J connectivity index is 1.58. The van der Waals surface area contributed by atoms with Gasteiger partial charge in [0.15, 0.2) is 6.04 Å². The first-order chi connectivity index (χ1) is 12.1. The van der Waals surface area contributed by atoms with E-state index in [1.165, 1.54) is 0 Å². The minimum Gasteiger partial charge on any atom is -0.338 e. The molecule has 0 aliphatic carbocycles. The topological polar surface area (TPSA) is 133 Å². The minimum absolute atomic E-state index is 0.0436. The predicted molar refractivity (Wildman–Crippen MR) is 89.3 cm³/mol. The van der Waals surface area contributed by atoms with Crippen LogP contribution in [0.5, 0.6) is 0 Å². The second-order valence-electron chi connectivity index (χ2n) is 6.36. The van der Waals surface area contributed by atoms with Gasteiger partial charge in [-0.05, 0) is 24.1 Å². The third kappa shape index (κ3) is 3.93. The number of carbonyl (C=O) groups is 1. The van der Waals surface area contributed by atoms with Gasteiger partial charge in [0.2, 0.25) is 5.91 Å². The first kappa shape index (κ1) is 17.7. The van der Waals surface area contributed by atoms with Crippen molar-refractivity contribution in [2.45, 2.75) is 56.5 Å². The number of carbonyl (C=O) groups excluding carboxylic acids is 1. The van der Waals surface area contributed by atoms with E-state index in [-0.39, 0.29) is 29.1 Å². The van der Waals surface area contributed by atoms with E-state index in [0.29, 0.717) is 12.8 Å². The van der Waals surface area contributed by atoms with Crippen LogP contribution in [0, 0.1) is 10.1 Å². The van der Waals surface area contributed by atoms with Crippen molar-refractivity contribution < 1.29 is 9.72 Å². The Labute approximate surface area is 145 Å². The molecule has 2 fully saturated rings. The van der Waals surface area contributed by atoms with Gasteiger partial charge in [-0.3, -0.25) is 19.9 Å². The summed E-state index contributed by atoms with van der Waals surface area (Å²) in [4.78, 5) is 27.5. The van der Waals surface area contributed by atoms with Crippen molar-refractivity contribution in [1.82, 2.24) is 32.0 Å². The predicted octanol–water partition coefficient (Wildman–Crippen LogP) is -0.647. The van der Waals surface area contributed by atoms with Gasteiger partial charge in [0.1, 0.15) is 0 Å². The quantitative estimate of drug-likeness (QED) is 0.338. The number of nitro groups is 1. The molecule has 5 unspecified atom stereocenters. The highest BCUT2D eigenvalue weighted by Crippen LogP contribution is 2.21. The van der Waals surface area contributed by atoms with Crippen molar-refractivity contribution in [2.75, 3.05) is 0 Å². The molecule has 10 heteroatoms. The van der Waals surface area contributed by atoms with Gasteiger partial charge in [0.25, 0.3) is 6.04 Å². The maximum absolute atomic E-state index is 12.5. The molecule has 136 valence electrons. The Morgan fingerprint density at radius 1 is 1.32 bits per heavy atom. The molecule has 3 rings (SSSR count). The molecular formula is C15H23N7O3. The molecule has 5 atom stereocenters. The normalized spacial score (nSPS) is 31.8. The lowest BCUT2D eigenvalue weighted by Gasteiger charge is -2.18. The van der Waals surface area contributed by atoms with Gasteiger partial charge in [-0.1, -0.05) is 13.3 Å². The maximum Gasteiger partial charge on any atom is 0.254 e. The Hall–Kier alpha value is -2.14. The van der Waals surface area contributed by atoms with Gasteiger partial charge in [0.05, 0.1) is 12.2 Å². The second-order valence-corrected chi connectivity index (χ2v) is 6.36. The summed E-state index contributed by atoms with van der Waals surface area (Å²) < 4.78 is 0. The molecule has 0 radical (unpaired) electrons. The summed E-state index contributed by atoms with van der Waals surface area (Å²) in [6.45, 7) is 1.96. The first-order valence-electron chi connectivity index (χ1n) is 8.46. The summed E-state index contributed by atoms with van der Waals surface area (Å²) >= 11 is 0. The molecule has 2 aliphatic rings. The lowest BCUT2D eigenvalue weighted by molar-refractivity contribution is -0.523. The molecule has 1 aromatic heterocycles.